The van der Waals surface area contributed by atoms with Crippen LogP contribution in [0.2, 0.25) is 0 Å². The van der Waals surface area contributed by atoms with Crippen LogP contribution in [0, 0.1) is 5.92 Å². The van der Waals surface area contributed by atoms with E-state index >= 15 is 0 Å². The molecule has 0 heterocycles. The first-order chi connectivity index (χ1) is 4.58. The molecule has 1 aliphatic carbocycles. The van der Waals surface area contributed by atoms with Crippen LogP contribution in [0.3, 0.4) is 0 Å². The van der Waals surface area contributed by atoms with E-state index in [1.807, 2.05) is 0 Å². The van der Waals surface area contributed by atoms with Gasteiger partial charge in [0.15, 0.2) is 0 Å². The monoisotopic (exact) mass is 157 g/mol. The Morgan fingerprint density at radius 2 is 2.00 bits per heavy atom. The fourth-order valence-corrected chi connectivity index (χ4v) is 1.07. The summed E-state index contributed by atoms with van der Waals surface area (Å²) < 4.78 is 4.58. The minimum Gasteiger partial charge on any atom is -0.228 e. The largest absolute Gasteiger partial charge is 0.228 e. The average molecular weight is 157 g/mol. The Morgan fingerprint density at radius 3 is 2.40 bits per heavy atom. The lowest BCUT2D eigenvalue weighted by Crippen LogP contribution is -2.04. The Bertz CT molecular complexity index is 131. The van der Waals surface area contributed by atoms with E-state index in [1.165, 1.54) is 12.8 Å². The van der Waals surface area contributed by atoms with Crippen LogP contribution in [0.1, 0.15) is 33.6 Å². The lowest BCUT2D eigenvalue weighted by atomic mass is 10.3. The molecular formula is C8H15NS. The van der Waals surface area contributed by atoms with Crippen LogP contribution >= 0.6 is 11.9 Å². The fourth-order valence-electron chi connectivity index (χ4n) is 0.520. The Morgan fingerprint density at radius 1 is 1.40 bits per heavy atom. The summed E-state index contributed by atoms with van der Waals surface area (Å²) in [4.78, 5) is 0. The molecule has 0 aromatic carbocycles. The zero-order valence-corrected chi connectivity index (χ0v) is 7.74. The van der Waals surface area contributed by atoms with Gasteiger partial charge in [0.1, 0.15) is 0 Å². The highest BCUT2D eigenvalue weighted by Crippen LogP contribution is 2.29. The highest BCUT2D eigenvalue weighted by molar-refractivity contribution is 7.99. The van der Waals surface area contributed by atoms with Gasteiger partial charge in [-0.1, -0.05) is 0 Å². The Labute approximate surface area is 67.4 Å². The van der Waals surface area contributed by atoms with E-state index < -0.39 is 0 Å². The SMILES string of the molecule is CC(C)(C)S/N=C/C1CC1. The van der Waals surface area contributed by atoms with Crippen molar-refractivity contribution in [3.63, 3.8) is 0 Å². The fraction of sp³-hybridized carbons (Fsp3) is 0.875. The molecule has 0 aliphatic heterocycles. The molecule has 2 heteroatoms. The minimum atomic E-state index is 0.283. The lowest BCUT2D eigenvalue weighted by Gasteiger charge is -2.11. The van der Waals surface area contributed by atoms with Gasteiger partial charge < -0.3 is 0 Å². The first kappa shape index (κ1) is 8.12. The van der Waals surface area contributed by atoms with Crippen LogP contribution in [0.5, 0.6) is 0 Å². The van der Waals surface area contributed by atoms with Crippen molar-refractivity contribution >= 4 is 18.2 Å². The first-order valence-electron chi connectivity index (χ1n) is 3.79. The molecule has 0 N–H and O–H groups in total. The second-order valence-electron chi connectivity index (χ2n) is 3.80. The van der Waals surface area contributed by atoms with Crippen LogP contribution in [-0.4, -0.2) is 11.0 Å². The highest BCUT2D eigenvalue weighted by atomic mass is 32.2. The summed E-state index contributed by atoms with van der Waals surface area (Å²) in [5, 5.41) is 0. The standard InChI is InChI=1S/C8H15NS/c1-8(2,3)10-9-6-7-4-5-7/h6-7H,4-5H2,1-3H3/b9-6+. The predicted octanol–water partition coefficient (Wildman–Crippen LogP) is 2.91. The molecule has 0 aromatic rings. The van der Waals surface area contributed by atoms with E-state index in [1.54, 1.807) is 11.9 Å². The van der Waals surface area contributed by atoms with Crippen molar-refractivity contribution in [2.75, 3.05) is 0 Å². The van der Waals surface area contributed by atoms with Crippen LogP contribution in [-0.2, 0) is 0 Å². The van der Waals surface area contributed by atoms with Gasteiger partial charge in [-0.25, -0.2) is 4.40 Å². The van der Waals surface area contributed by atoms with Crippen molar-refractivity contribution in [3.05, 3.63) is 0 Å². The van der Waals surface area contributed by atoms with Gasteiger partial charge in [-0.3, -0.25) is 0 Å². The molecule has 0 radical (unpaired) electrons. The number of hydrogen-bond donors (Lipinski definition) is 0. The van der Waals surface area contributed by atoms with Crippen LogP contribution in [0.15, 0.2) is 4.40 Å². The van der Waals surface area contributed by atoms with Crippen molar-refractivity contribution in [2.45, 2.75) is 38.4 Å². The van der Waals surface area contributed by atoms with Gasteiger partial charge in [-0.2, -0.15) is 0 Å². The van der Waals surface area contributed by atoms with E-state index in [-0.39, 0.29) is 4.75 Å². The summed E-state index contributed by atoms with van der Waals surface area (Å²) in [7, 11) is 0. The topological polar surface area (TPSA) is 12.4 Å². The van der Waals surface area contributed by atoms with Crippen molar-refractivity contribution in [2.24, 2.45) is 10.3 Å². The van der Waals surface area contributed by atoms with E-state index in [9.17, 15) is 0 Å². The molecule has 0 atom stereocenters. The lowest BCUT2D eigenvalue weighted by molar-refractivity contribution is 0.804. The molecule has 0 spiro atoms. The van der Waals surface area contributed by atoms with Gasteiger partial charge in [0, 0.05) is 11.0 Å². The zero-order valence-electron chi connectivity index (χ0n) is 6.92. The summed E-state index contributed by atoms with van der Waals surface area (Å²) in [6.45, 7) is 6.55. The van der Waals surface area contributed by atoms with E-state index in [0.717, 1.165) is 5.92 Å². The van der Waals surface area contributed by atoms with E-state index in [0.29, 0.717) is 0 Å². The summed E-state index contributed by atoms with van der Waals surface area (Å²) in [5.41, 5.74) is 0. The van der Waals surface area contributed by atoms with Gasteiger partial charge in [0.05, 0.1) is 0 Å². The van der Waals surface area contributed by atoms with Crippen LogP contribution < -0.4 is 0 Å². The smallest absolute Gasteiger partial charge is 0.0294 e. The van der Waals surface area contributed by atoms with E-state index in [4.69, 9.17) is 0 Å². The second-order valence-corrected chi connectivity index (χ2v) is 5.41. The molecule has 0 amide bonds. The third kappa shape index (κ3) is 3.94. The molecule has 10 heavy (non-hydrogen) atoms. The third-order valence-electron chi connectivity index (χ3n) is 1.22. The Balaban J connectivity index is 2.13. The normalized spacial score (nSPS) is 20.3. The Kier molecular flexibility index (Phi) is 2.40. The van der Waals surface area contributed by atoms with Crippen LogP contribution in [0.4, 0.5) is 0 Å². The van der Waals surface area contributed by atoms with E-state index in [2.05, 4.69) is 31.4 Å². The third-order valence-corrected chi connectivity index (χ3v) is 2.00. The average Bonchev–Trinajstić information content (AvgIpc) is 2.45. The molecule has 1 rings (SSSR count). The maximum atomic E-state index is 4.30. The molecule has 0 saturated heterocycles. The molecule has 1 aliphatic rings. The molecular weight excluding hydrogens is 142 g/mol. The molecule has 0 aromatic heterocycles. The Hall–Kier alpha value is 0.0200. The molecule has 58 valence electrons. The first-order valence-corrected chi connectivity index (χ1v) is 4.57. The zero-order chi connectivity index (χ0) is 7.61. The number of nitrogens with zero attached hydrogens (tertiary/aromatic N) is 1. The van der Waals surface area contributed by atoms with Crippen molar-refractivity contribution in [3.8, 4) is 0 Å². The van der Waals surface area contributed by atoms with Crippen molar-refractivity contribution in [1.29, 1.82) is 0 Å². The second kappa shape index (κ2) is 2.95. The van der Waals surface area contributed by atoms with Gasteiger partial charge in [0.25, 0.3) is 0 Å². The summed E-state index contributed by atoms with van der Waals surface area (Å²) in [6, 6.07) is 0. The summed E-state index contributed by atoms with van der Waals surface area (Å²) >= 11 is 1.67. The predicted molar refractivity (Wildman–Crippen MR) is 48.6 cm³/mol. The minimum absolute atomic E-state index is 0.283. The maximum absolute atomic E-state index is 4.30. The van der Waals surface area contributed by atoms with Gasteiger partial charge in [0.2, 0.25) is 0 Å². The van der Waals surface area contributed by atoms with Gasteiger partial charge >= 0.3 is 0 Å². The van der Waals surface area contributed by atoms with Crippen LogP contribution in [0.25, 0.3) is 0 Å². The van der Waals surface area contributed by atoms with Crippen molar-refractivity contribution in [1.82, 2.24) is 0 Å². The highest BCUT2D eigenvalue weighted by Gasteiger charge is 2.19. The van der Waals surface area contributed by atoms with Gasteiger partial charge in [-0.15, -0.1) is 0 Å². The molecule has 1 nitrogen and oxygen atoms in total. The summed E-state index contributed by atoms with van der Waals surface area (Å²) in [6.07, 6.45) is 4.80. The quantitative estimate of drug-likeness (QED) is 0.443. The number of rotatable bonds is 2. The molecule has 0 unspecified atom stereocenters. The van der Waals surface area contributed by atoms with Crippen molar-refractivity contribution < 1.29 is 0 Å². The van der Waals surface area contributed by atoms with Gasteiger partial charge in [-0.05, 0) is 51.5 Å². The maximum Gasteiger partial charge on any atom is 0.0294 e. The molecule has 1 fully saturated rings. The molecule has 1 saturated carbocycles. The number of hydrogen-bond acceptors (Lipinski definition) is 2. The summed E-state index contributed by atoms with van der Waals surface area (Å²) in [5.74, 6) is 0.815. The molecule has 0 bridgehead atoms.